The Morgan fingerprint density at radius 2 is 2.06 bits per heavy atom. The first-order valence-corrected chi connectivity index (χ1v) is 6.21. The number of ether oxygens (including phenoxy) is 2. The van der Waals surface area contributed by atoms with Gasteiger partial charge in [0.15, 0.2) is 0 Å². The van der Waals surface area contributed by atoms with Crippen molar-refractivity contribution in [3.05, 3.63) is 54.6 Å². The first-order chi connectivity index (χ1) is 8.54. The number of hydrogen-bond donors (Lipinski definition) is 0. The molecule has 2 rings (SSSR count). The summed E-state index contributed by atoms with van der Waals surface area (Å²) in [6, 6.07) is 8.15. The van der Waals surface area contributed by atoms with E-state index in [0.29, 0.717) is 12.7 Å². The average Bonchev–Trinajstić information content (AvgIpc) is 3.20. The number of benzene rings is 1. The highest BCUT2D eigenvalue weighted by atomic mass is 16.6. The van der Waals surface area contributed by atoms with Gasteiger partial charge >= 0.3 is 0 Å². The van der Waals surface area contributed by atoms with Crippen molar-refractivity contribution in [2.75, 3.05) is 13.2 Å². The Bertz CT molecular complexity index is 439. The summed E-state index contributed by atoms with van der Waals surface area (Å²) in [5.74, 6) is 0.884. The number of epoxide rings is 1. The van der Waals surface area contributed by atoms with Crippen LogP contribution in [0.25, 0.3) is 0 Å². The summed E-state index contributed by atoms with van der Waals surface area (Å²) in [6.45, 7) is 13.6. The Morgan fingerprint density at radius 3 is 2.56 bits per heavy atom. The second kappa shape index (κ2) is 4.99. The SMILES string of the molecule is C=CC(=C)C(C)(C)c1ccc(OCC2CO2)cc1. The maximum atomic E-state index is 5.62. The van der Waals surface area contributed by atoms with Gasteiger partial charge in [0.05, 0.1) is 6.61 Å². The van der Waals surface area contributed by atoms with Crippen molar-refractivity contribution in [2.24, 2.45) is 0 Å². The van der Waals surface area contributed by atoms with E-state index in [1.54, 1.807) is 0 Å². The van der Waals surface area contributed by atoms with Gasteiger partial charge in [0.25, 0.3) is 0 Å². The van der Waals surface area contributed by atoms with Crippen LogP contribution in [0.1, 0.15) is 19.4 Å². The molecule has 1 saturated heterocycles. The largest absolute Gasteiger partial charge is 0.491 e. The van der Waals surface area contributed by atoms with Gasteiger partial charge in [-0.2, -0.15) is 0 Å². The average molecular weight is 244 g/mol. The molecule has 1 aliphatic heterocycles. The first-order valence-electron chi connectivity index (χ1n) is 6.21. The Kier molecular flexibility index (Phi) is 3.58. The molecule has 2 nitrogen and oxygen atoms in total. The molecule has 0 aliphatic carbocycles. The minimum atomic E-state index is -0.0973. The molecule has 1 aliphatic rings. The Balaban J connectivity index is 2.05. The second-order valence-electron chi connectivity index (χ2n) is 5.15. The summed E-state index contributed by atoms with van der Waals surface area (Å²) in [5, 5.41) is 0. The zero-order chi connectivity index (χ0) is 13.2. The summed E-state index contributed by atoms with van der Waals surface area (Å²) >= 11 is 0. The quantitative estimate of drug-likeness (QED) is 0.564. The fourth-order valence-electron chi connectivity index (χ4n) is 1.76. The molecule has 0 radical (unpaired) electrons. The van der Waals surface area contributed by atoms with Gasteiger partial charge in [-0.3, -0.25) is 0 Å². The van der Waals surface area contributed by atoms with Crippen LogP contribution in [0.3, 0.4) is 0 Å². The van der Waals surface area contributed by atoms with Crippen LogP contribution < -0.4 is 4.74 Å². The van der Waals surface area contributed by atoms with Crippen LogP contribution >= 0.6 is 0 Å². The lowest BCUT2D eigenvalue weighted by atomic mass is 9.78. The van der Waals surface area contributed by atoms with E-state index in [4.69, 9.17) is 9.47 Å². The third-order valence-corrected chi connectivity index (χ3v) is 3.46. The van der Waals surface area contributed by atoms with Crippen molar-refractivity contribution >= 4 is 0 Å². The monoisotopic (exact) mass is 244 g/mol. The van der Waals surface area contributed by atoms with Crippen molar-refractivity contribution in [3.8, 4) is 5.75 Å². The highest BCUT2D eigenvalue weighted by Crippen LogP contribution is 2.32. The molecule has 0 amide bonds. The smallest absolute Gasteiger partial charge is 0.119 e. The van der Waals surface area contributed by atoms with E-state index < -0.39 is 0 Å². The predicted octanol–water partition coefficient (Wildman–Crippen LogP) is 3.48. The maximum absolute atomic E-state index is 5.62. The Hall–Kier alpha value is -1.54. The van der Waals surface area contributed by atoms with Crippen LogP contribution in [0.15, 0.2) is 49.1 Å². The maximum Gasteiger partial charge on any atom is 0.119 e. The molecule has 1 aromatic carbocycles. The Labute approximate surface area is 109 Å². The number of rotatable bonds is 6. The van der Waals surface area contributed by atoms with Crippen LogP contribution in [0.2, 0.25) is 0 Å². The minimum Gasteiger partial charge on any atom is -0.491 e. The molecule has 1 heterocycles. The highest BCUT2D eigenvalue weighted by molar-refractivity contribution is 5.40. The van der Waals surface area contributed by atoms with Crippen LogP contribution in [0.5, 0.6) is 5.75 Å². The summed E-state index contributed by atoms with van der Waals surface area (Å²) in [5.41, 5.74) is 2.13. The normalized spacial score (nSPS) is 18.2. The molecule has 1 unspecified atom stereocenters. The van der Waals surface area contributed by atoms with E-state index in [-0.39, 0.29) is 5.41 Å². The lowest BCUT2D eigenvalue weighted by Gasteiger charge is -2.26. The molecule has 0 aromatic heterocycles. The standard InChI is InChI=1S/C16H20O2/c1-5-12(2)16(3,4)13-6-8-14(9-7-13)17-10-15-11-18-15/h5-9,15H,1-2,10-11H2,3-4H3. The molecular weight excluding hydrogens is 224 g/mol. The van der Waals surface area contributed by atoms with Gasteiger partial charge in [0.1, 0.15) is 18.5 Å². The predicted molar refractivity (Wildman–Crippen MR) is 74.0 cm³/mol. The van der Waals surface area contributed by atoms with E-state index in [2.05, 4.69) is 39.1 Å². The van der Waals surface area contributed by atoms with Crippen molar-refractivity contribution in [2.45, 2.75) is 25.4 Å². The number of hydrogen-bond acceptors (Lipinski definition) is 2. The van der Waals surface area contributed by atoms with Crippen LogP contribution in [0.4, 0.5) is 0 Å². The molecule has 0 bridgehead atoms. The third kappa shape index (κ3) is 2.82. The molecular formula is C16H20O2. The van der Waals surface area contributed by atoms with Gasteiger partial charge in [0, 0.05) is 5.41 Å². The fraction of sp³-hybridized carbons (Fsp3) is 0.375. The van der Waals surface area contributed by atoms with E-state index in [1.165, 1.54) is 5.56 Å². The van der Waals surface area contributed by atoms with E-state index in [0.717, 1.165) is 17.9 Å². The summed E-state index contributed by atoms with van der Waals surface area (Å²) in [4.78, 5) is 0. The summed E-state index contributed by atoms with van der Waals surface area (Å²) in [6.07, 6.45) is 2.11. The van der Waals surface area contributed by atoms with Gasteiger partial charge in [-0.05, 0) is 23.3 Å². The molecule has 1 atom stereocenters. The Morgan fingerprint density at radius 1 is 1.44 bits per heavy atom. The van der Waals surface area contributed by atoms with Crippen LogP contribution in [-0.2, 0) is 10.2 Å². The van der Waals surface area contributed by atoms with E-state index in [1.807, 2.05) is 18.2 Å². The van der Waals surface area contributed by atoms with Crippen molar-refractivity contribution < 1.29 is 9.47 Å². The molecule has 0 spiro atoms. The van der Waals surface area contributed by atoms with Crippen LogP contribution in [0, 0.1) is 0 Å². The molecule has 96 valence electrons. The zero-order valence-electron chi connectivity index (χ0n) is 11.1. The highest BCUT2D eigenvalue weighted by Gasteiger charge is 2.24. The van der Waals surface area contributed by atoms with Gasteiger partial charge in [0.2, 0.25) is 0 Å². The summed E-state index contributed by atoms with van der Waals surface area (Å²) in [7, 11) is 0. The van der Waals surface area contributed by atoms with Gasteiger partial charge in [-0.15, -0.1) is 0 Å². The molecule has 0 saturated carbocycles. The second-order valence-corrected chi connectivity index (χ2v) is 5.15. The first kappa shape index (κ1) is 12.9. The zero-order valence-corrected chi connectivity index (χ0v) is 11.1. The topological polar surface area (TPSA) is 21.8 Å². The molecule has 18 heavy (non-hydrogen) atoms. The summed E-state index contributed by atoms with van der Waals surface area (Å²) < 4.78 is 10.7. The molecule has 1 fully saturated rings. The molecule has 2 heteroatoms. The van der Waals surface area contributed by atoms with Crippen LogP contribution in [-0.4, -0.2) is 19.3 Å². The fourth-order valence-corrected chi connectivity index (χ4v) is 1.76. The lowest BCUT2D eigenvalue weighted by Crippen LogP contribution is -2.18. The van der Waals surface area contributed by atoms with E-state index in [9.17, 15) is 0 Å². The van der Waals surface area contributed by atoms with Gasteiger partial charge in [-0.1, -0.05) is 45.2 Å². The molecule has 1 aromatic rings. The van der Waals surface area contributed by atoms with Gasteiger partial charge in [-0.25, -0.2) is 0 Å². The number of allylic oxidation sites excluding steroid dienone is 2. The van der Waals surface area contributed by atoms with Crippen molar-refractivity contribution in [1.82, 2.24) is 0 Å². The van der Waals surface area contributed by atoms with Crippen molar-refractivity contribution in [3.63, 3.8) is 0 Å². The third-order valence-electron chi connectivity index (χ3n) is 3.46. The van der Waals surface area contributed by atoms with Crippen molar-refractivity contribution in [1.29, 1.82) is 0 Å². The molecule has 0 N–H and O–H groups in total. The van der Waals surface area contributed by atoms with E-state index >= 15 is 0 Å². The van der Waals surface area contributed by atoms with Gasteiger partial charge < -0.3 is 9.47 Å². The lowest BCUT2D eigenvalue weighted by molar-refractivity contribution is 0.263. The minimum absolute atomic E-state index is 0.0973.